The van der Waals surface area contributed by atoms with E-state index in [2.05, 4.69) is 5.10 Å². The van der Waals surface area contributed by atoms with Crippen LogP contribution in [0.25, 0.3) is 0 Å². The van der Waals surface area contributed by atoms with Gasteiger partial charge in [0.2, 0.25) is 0 Å². The van der Waals surface area contributed by atoms with Crippen molar-refractivity contribution in [2.75, 3.05) is 6.61 Å². The topological polar surface area (TPSA) is 58.4 Å². The van der Waals surface area contributed by atoms with Gasteiger partial charge in [0, 0.05) is 17.7 Å². The van der Waals surface area contributed by atoms with Crippen LogP contribution in [-0.2, 0) is 19.6 Å². The van der Waals surface area contributed by atoms with Crippen molar-refractivity contribution in [2.24, 2.45) is 0 Å². The number of aliphatic hydroxyl groups excluding tert-OH is 1. The van der Waals surface area contributed by atoms with Crippen LogP contribution in [0.2, 0.25) is 5.02 Å². The normalized spacial score (nSPS) is 13.6. The molecule has 1 aromatic heterocycles. The molecule has 0 bridgehead atoms. The lowest BCUT2D eigenvalue weighted by Gasteiger charge is -2.16. The highest BCUT2D eigenvalue weighted by Crippen LogP contribution is 2.25. The molecule has 1 aliphatic rings. The molecule has 7 heteroatoms. The van der Waals surface area contributed by atoms with Crippen LogP contribution in [0.1, 0.15) is 21.6 Å². The average Bonchev–Trinajstić information content (AvgIpc) is 3.03. The Labute approximate surface area is 125 Å². The summed E-state index contributed by atoms with van der Waals surface area (Å²) in [7, 11) is 0. The molecule has 0 saturated carbocycles. The highest BCUT2D eigenvalue weighted by molar-refractivity contribution is 6.31. The van der Waals surface area contributed by atoms with Gasteiger partial charge in [0.15, 0.2) is 0 Å². The summed E-state index contributed by atoms with van der Waals surface area (Å²) in [6.07, 6.45) is 1.70. The van der Waals surface area contributed by atoms with E-state index in [0.717, 1.165) is 11.3 Å². The third-order valence-corrected chi connectivity index (χ3v) is 3.79. The Hall–Kier alpha value is -1.92. The molecule has 0 atom stereocenters. The third kappa shape index (κ3) is 2.52. The number of carbonyl (C=O) groups excluding carboxylic acids is 1. The maximum absolute atomic E-state index is 13.2. The molecular formula is C14H13ClFN3O2. The molecule has 0 spiro atoms. The fourth-order valence-electron chi connectivity index (χ4n) is 2.45. The Balaban J connectivity index is 1.80. The van der Waals surface area contributed by atoms with Crippen molar-refractivity contribution in [2.45, 2.75) is 19.6 Å². The van der Waals surface area contributed by atoms with Crippen LogP contribution in [0.4, 0.5) is 4.39 Å². The van der Waals surface area contributed by atoms with Crippen LogP contribution in [0.15, 0.2) is 24.4 Å². The fraction of sp³-hybridized carbons (Fsp3) is 0.286. The fourth-order valence-corrected chi connectivity index (χ4v) is 2.63. The molecule has 1 aliphatic heterocycles. The monoisotopic (exact) mass is 309 g/mol. The van der Waals surface area contributed by atoms with Gasteiger partial charge >= 0.3 is 0 Å². The number of rotatable bonds is 3. The van der Waals surface area contributed by atoms with E-state index in [9.17, 15) is 9.18 Å². The molecule has 0 aliphatic carbocycles. The van der Waals surface area contributed by atoms with Gasteiger partial charge in [-0.15, -0.1) is 0 Å². The first kappa shape index (κ1) is 14.0. The SMILES string of the molecule is O=C(c1ccc(F)c(Cl)c1)N1Cc2cnn(CCO)c2C1. The number of nitrogens with zero attached hydrogens (tertiary/aromatic N) is 3. The summed E-state index contributed by atoms with van der Waals surface area (Å²) in [5.41, 5.74) is 2.24. The molecule has 3 rings (SSSR count). The molecule has 2 heterocycles. The first-order valence-electron chi connectivity index (χ1n) is 6.49. The predicted molar refractivity (Wildman–Crippen MR) is 74.3 cm³/mol. The first-order valence-corrected chi connectivity index (χ1v) is 6.86. The molecule has 2 aromatic rings. The van der Waals surface area contributed by atoms with Crippen LogP contribution >= 0.6 is 11.6 Å². The summed E-state index contributed by atoms with van der Waals surface area (Å²) >= 11 is 5.71. The largest absolute Gasteiger partial charge is 0.394 e. The van der Waals surface area contributed by atoms with Crippen LogP contribution in [0.3, 0.4) is 0 Å². The zero-order valence-electron chi connectivity index (χ0n) is 11.1. The van der Waals surface area contributed by atoms with Gasteiger partial charge in [0.1, 0.15) is 5.82 Å². The van der Waals surface area contributed by atoms with Crippen LogP contribution in [-0.4, -0.2) is 32.3 Å². The number of hydrogen-bond donors (Lipinski definition) is 1. The number of aliphatic hydroxyl groups is 1. The van der Waals surface area contributed by atoms with E-state index in [4.69, 9.17) is 16.7 Å². The number of carbonyl (C=O) groups is 1. The standard InChI is InChI=1S/C14H13ClFN3O2/c15-11-5-9(1-2-12(11)16)14(21)18-7-10-6-17-19(3-4-20)13(10)8-18/h1-2,5-6,20H,3-4,7-8H2. The van der Waals surface area contributed by atoms with Gasteiger partial charge in [0.25, 0.3) is 5.91 Å². The summed E-state index contributed by atoms with van der Waals surface area (Å²) in [6.45, 7) is 1.27. The van der Waals surface area contributed by atoms with E-state index in [1.165, 1.54) is 18.2 Å². The third-order valence-electron chi connectivity index (χ3n) is 3.50. The Morgan fingerprint density at radius 3 is 2.95 bits per heavy atom. The number of amides is 1. The van der Waals surface area contributed by atoms with Crippen molar-refractivity contribution < 1.29 is 14.3 Å². The second kappa shape index (κ2) is 5.46. The summed E-state index contributed by atoms with van der Waals surface area (Å²) in [6, 6.07) is 3.95. The molecule has 5 nitrogen and oxygen atoms in total. The summed E-state index contributed by atoms with van der Waals surface area (Å²) < 4.78 is 14.8. The van der Waals surface area contributed by atoms with Crippen molar-refractivity contribution in [1.82, 2.24) is 14.7 Å². The van der Waals surface area contributed by atoms with E-state index in [-0.39, 0.29) is 17.5 Å². The molecule has 1 amide bonds. The second-order valence-corrected chi connectivity index (χ2v) is 5.26. The molecular weight excluding hydrogens is 297 g/mol. The van der Waals surface area contributed by atoms with Crippen LogP contribution in [0.5, 0.6) is 0 Å². The van der Waals surface area contributed by atoms with Gasteiger partial charge in [-0.2, -0.15) is 5.10 Å². The maximum Gasteiger partial charge on any atom is 0.254 e. The van der Waals surface area contributed by atoms with E-state index >= 15 is 0 Å². The van der Waals surface area contributed by atoms with Gasteiger partial charge in [-0.1, -0.05) is 11.6 Å². The first-order chi connectivity index (χ1) is 10.1. The van der Waals surface area contributed by atoms with Crippen molar-refractivity contribution in [3.8, 4) is 0 Å². The van der Waals surface area contributed by atoms with Crippen molar-refractivity contribution >= 4 is 17.5 Å². The Bertz CT molecular complexity index is 702. The summed E-state index contributed by atoms with van der Waals surface area (Å²) in [4.78, 5) is 14.1. The minimum atomic E-state index is -0.545. The lowest BCUT2D eigenvalue weighted by Crippen LogP contribution is -2.26. The van der Waals surface area contributed by atoms with Crippen molar-refractivity contribution in [1.29, 1.82) is 0 Å². The van der Waals surface area contributed by atoms with Crippen LogP contribution < -0.4 is 0 Å². The van der Waals surface area contributed by atoms with Gasteiger partial charge in [0.05, 0.1) is 36.6 Å². The highest BCUT2D eigenvalue weighted by Gasteiger charge is 2.27. The molecule has 0 fully saturated rings. The minimum Gasteiger partial charge on any atom is -0.394 e. The lowest BCUT2D eigenvalue weighted by molar-refractivity contribution is 0.0747. The molecule has 1 aromatic carbocycles. The summed E-state index contributed by atoms with van der Waals surface area (Å²) in [5.74, 6) is -0.750. The van der Waals surface area contributed by atoms with E-state index in [1.54, 1.807) is 15.8 Å². The Kier molecular flexibility index (Phi) is 3.65. The van der Waals surface area contributed by atoms with Crippen molar-refractivity contribution in [3.63, 3.8) is 0 Å². The van der Waals surface area contributed by atoms with Gasteiger partial charge < -0.3 is 10.0 Å². The highest BCUT2D eigenvalue weighted by atomic mass is 35.5. The van der Waals surface area contributed by atoms with Gasteiger partial charge in [-0.25, -0.2) is 4.39 Å². The molecule has 110 valence electrons. The predicted octanol–water partition coefficient (Wildman–Crippen LogP) is 1.82. The van der Waals surface area contributed by atoms with E-state index in [0.29, 0.717) is 25.2 Å². The number of aromatic nitrogens is 2. The number of hydrogen-bond acceptors (Lipinski definition) is 3. The van der Waals surface area contributed by atoms with Gasteiger partial charge in [-0.3, -0.25) is 9.48 Å². The number of benzene rings is 1. The maximum atomic E-state index is 13.2. The lowest BCUT2D eigenvalue weighted by atomic mass is 10.2. The number of fused-ring (bicyclic) bond motifs is 1. The van der Waals surface area contributed by atoms with Crippen molar-refractivity contribution in [3.05, 3.63) is 52.1 Å². The molecule has 0 saturated heterocycles. The molecule has 0 unspecified atom stereocenters. The number of halogens is 2. The van der Waals surface area contributed by atoms with E-state index < -0.39 is 5.82 Å². The zero-order valence-corrected chi connectivity index (χ0v) is 11.8. The zero-order chi connectivity index (χ0) is 15.0. The Morgan fingerprint density at radius 1 is 1.43 bits per heavy atom. The molecule has 1 N–H and O–H groups in total. The molecule has 0 radical (unpaired) electrons. The Morgan fingerprint density at radius 2 is 2.24 bits per heavy atom. The van der Waals surface area contributed by atoms with E-state index in [1.807, 2.05) is 0 Å². The molecule has 21 heavy (non-hydrogen) atoms. The van der Waals surface area contributed by atoms with Crippen LogP contribution in [0, 0.1) is 5.82 Å². The minimum absolute atomic E-state index is 0.00433. The van der Waals surface area contributed by atoms with Gasteiger partial charge in [-0.05, 0) is 18.2 Å². The quantitative estimate of drug-likeness (QED) is 0.941. The smallest absolute Gasteiger partial charge is 0.254 e. The summed E-state index contributed by atoms with van der Waals surface area (Å²) in [5, 5.41) is 13.1. The second-order valence-electron chi connectivity index (χ2n) is 4.85. The average molecular weight is 310 g/mol.